The maximum absolute atomic E-state index is 14.8. The number of hydrogen-bond acceptors (Lipinski definition) is 8. The number of ether oxygens (including phenoxy) is 1. The van der Waals surface area contributed by atoms with Crippen molar-refractivity contribution in [3.05, 3.63) is 35.8 Å². The number of halogens is 1. The molecular weight excluding hydrogens is 411 g/mol. The highest BCUT2D eigenvalue weighted by Gasteiger charge is 2.33. The molecule has 0 spiro atoms. The highest BCUT2D eigenvalue weighted by Crippen LogP contribution is 2.29. The predicted molar refractivity (Wildman–Crippen MR) is 110 cm³/mol. The molecule has 31 heavy (non-hydrogen) atoms. The Morgan fingerprint density at radius 3 is 2.90 bits per heavy atom. The van der Waals surface area contributed by atoms with Gasteiger partial charge in [0.2, 0.25) is 5.91 Å². The van der Waals surface area contributed by atoms with E-state index in [4.69, 9.17) is 14.7 Å². The van der Waals surface area contributed by atoms with E-state index in [1.807, 2.05) is 11.0 Å². The zero-order chi connectivity index (χ0) is 22.4. The fourth-order valence-electron chi connectivity index (χ4n) is 3.28. The Bertz CT molecular complexity index is 836. The molecule has 1 aromatic carbocycles. The summed E-state index contributed by atoms with van der Waals surface area (Å²) in [6, 6.07) is 4.59. The molecule has 0 radical (unpaired) electrons. The minimum absolute atomic E-state index is 0.0434. The quantitative estimate of drug-likeness (QED) is 0.405. The zero-order valence-corrected chi connectivity index (χ0v) is 17.2. The van der Waals surface area contributed by atoms with E-state index in [2.05, 4.69) is 10.8 Å². The summed E-state index contributed by atoms with van der Waals surface area (Å²) in [6.45, 7) is 2.39. The summed E-state index contributed by atoms with van der Waals surface area (Å²) in [7, 11) is 0. The number of rotatable bonds is 9. The van der Waals surface area contributed by atoms with Crippen LogP contribution < -0.4 is 20.6 Å². The number of hydroxylamine groups is 1. The van der Waals surface area contributed by atoms with Crippen LogP contribution in [0.25, 0.3) is 0 Å². The number of benzene rings is 1. The van der Waals surface area contributed by atoms with Crippen LogP contribution in [0.15, 0.2) is 30.0 Å². The minimum Gasteiger partial charge on any atom is -0.442 e. The molecule has 2 atom stereocenters. The first-order valence-corrected chi connectivity index (χ1v) is 10.00. The van der Waals surface area contributed by atoms with Crippen LogP contribution >= 0.6 is 0 Å². The highest BCUT2D eigenvalue weighted by molar-refractivity contribution is 5.90. The number of anilines is 2. The fraction of sp³-hybridized carbons (Fsp3) is 0.500. The summed E-state index contributed by atoms with van der Waals surface area (Å²) in [5.74, 6) is -0.670. The number of hydrogen-bond donors (Lipinski definition) is 4. The van der Waals surface area contributed by atoms with Crippen LogP contribution in [0.1, 0.15) is 13.3 Å². The van der Waals surface area contributed by atoms with Gasteiger partial charge in [0.15, 0.2) is 0 Å². The van der Waals surface area contributed by atoms with E-state index >= 15 is 0 Å². The van der Waals surface area contributed by atoms with E-state index in [0.717, 1.165) is 5.70 Å². The molecular formula is C20H27FN4O6. The van der Waals surface area contributed by atoms with Gasteiger partial charge in [-0.05, 0) is 24.3 Å². The third-order valence-electron chi connectivity index (χ3n) is 4.94. The van der Waals surface area contributed by atoms with Crippen molar-refractivity contribution in [3.63, 3.8) is 0 Å². The number of carbonyl (C=O) groups excluding carboxylic acids is 2. The molecule has 2 amide bonds. The number of nitrogens with one attached hydrogen (secondary N) is 2. The Kier molecular flexibility index (Phi) is 7.66. The summed E-state index contributed by atoms with van der Waals surface area (Å²) < 4.78 is 20.0. The monoisotopic (exact) mass is 438 g/mol. The summed E-state index contributed by atoms with van der Waals surface area (Å²) >= 11 is 0. The lowest BCUT2D eigenvalue weighted by Gasteiger charge is -2.29. The molecule has 11 heteroatoms. The normalized spacial score (nSPS) is 19.7. The summed E-state index contributed by atoms with van der Waals surface area (Å²) in [5, 5.41) is 20.6. The van der Waals surface area contributed by atoms with Gasteiger partial charge in [0, 0.05) is 32.1 Å². The van der Waals surface area contributed by atoms with Crippen LogP contribution in [0.5, 0.6) is 0 Å². The number of aliphatic hydroxyl groups is 2. The highest BCUT2D eigenvalue weighted by atomic mass is 19.1. The average Bonchev–Trinajstić information content (AvgIpc) is 3.13. The molecule has 3 rings (SSSR count). The van der Waals surface area contributed by atoms with Gasteiger partial charge in [-0.3, -0.25) is 20.0 Å². The molecule has 170 valence electrons. The molecule has 0 aliphatic carbocycles. The van der Waals surface area contributed by atoms with Crippen molar-refractivity contribution in [3.8, 4) is 0 Å². The van der Waals surface area contributed by atoms with Crippen LogP contribution in [-0.2, 0) is 14.4 Å². The molecule has 0 aromatic heterocycles. The van der Waals surface area contributed by atoms with E-state index in [1.54, 1.807) is 12.1 Å². The number of amides is 2. The van der Waals surface area contributed by atoms with Gasteiger partial charge in [-0.1, -0.05) is 0 Å². The topological polar surface area (TPSA) is 124 Å². The van der Waals surface area contributed by atoms with E-state index in [9.17, 15) is 19.1 Å². The lowest BCUT2D eigenvalue weighted by molar-refractivity contribution is -0.119. The fourth-order valence-corrected chi connectivity index (χ4v) is 3.28. The third kappa shape index (κ3) is 6.06. The molecule has 0 bridgehead atoms. The molecule has 2 heterocycles. The van der Waals surface area contributed by atoms with Gasteiger partial charge in [-0.15, -0.1) is 0 Å². The number of carbonyl (C=O) groups is 2. The van der Waals surface area contributed by atoms with Crippen LogP contribution in [-0.4, -0.2) is 73.8 Å². The van der Waals surface area contributed by atoms with Crippen molar-refractivity contribution >= 4 is 23.4 Å². The number of cyclic esters (lactones) is 1. The molecule has 10 nitrogen and oxygen atoms in total. The smallest absolute Gasteiger partial charge is 0.414 e. The van der Waals surface area contributed by atoms with E-state index in [0.29, 0.717) is 30.9 Å². The maximum atomic E-state index is 14.8. The van der Waals surface area contributed by atoms with Crippen LogP contribution in [0.2, 0.25) is 0 Å². The Balaban J connectivity index is 1.56. The van der Waals surface area contributed by atoms with Gasteiger partial charge in [0.05, 0.1) is 31.1 Å². The number of aliphatic hydroxyl groups excluding tert-OH is 2. The van der Waals surface area contributed by atoms with Crippen LogP contribution in [0.4, 0.5) is 20.6 Å². The molecule has 1 saturated heterocycles. The van der Waals surface area contributed by atoms with Gasteiger partial charge in [-0.2, -0.15) is 0 Å². The summed E-state index contributed by atoms with van der Waals surface area (Å²) in [6.07, 6.45) is 0.421. The maximum Gasteiger partial charge on any atom is 0.414 e. The molecule has 1 aromatic rings. The predicted octanol–water partition coefficient (Wildman–Crippen LogP) is 0.255. The Morgan fingerprint density at radius 1 is 1.45 bits per heavy atom. The van der Waals surface area contributed by atoms with Crippen molar-refractivity contribution in [1.29, 1.82) is 0 Å². The van der Waals surface area contributed by atoms with Gasteiger partial charge in [-0.25, -0.2) is 9.18 Å². The lowest BCUT2D eigenvalue weighted by Crippen LogP contribution is -2.34. The van der Waals surface area contributed by atoms with Crippen molar-refractivity contribution in [2.75, 3.05) is 49.2 Å². The summed E-state index contributed by atoms with van der Waals surface area (Å²) in [4.78, 5) is 31.5. The SMILES string of the molecule is CC(=O)NC[C@H]1CN(c2ccc(N3CC=C(NOCC(O)CO)CC3)c(F)c2)C(=O)O1. The first-order chi connectivity index (χ1) is 14.9. The Morgan fingerprint density at radius 2 is 2.26 bits per heavy atom. The van der Waals surface area contributed by atoms with Crippen molar-refractivity contribution in [1.82, 2.24) is 10.8 Å². The Labute approximate surface area is 179 Å². The van der Waals surface area contributed by atoms with E-state index in [-0.39, 0.29) is 32.2 Å². The van der Waals surface area contributed by atoms with Gasteiger partial charge >= 0.3 is 6.09 Å². The van der Waals surface area contributed by atoms with Crippen LogP contribution in [0.3, 0.4) is 0 Å². The Hall–Kier alpha value is -2.89. The first-order valence-electron chi connectivity index (χ1n) is 10.00. The van der Waals surface area contributed by atoms with Gasteiger partial charge in [0.1, 0.15) is 24.6 Å². The second kappa shape index (κ2) is 10.4. The third-order valence-corrected chi connectivity index (χ3v) is 4.94. The minimum atomic E-state index is -0.950. The molecule has 0 saturated carbocycles. The van der Waals surface area contributed by atoms with Crippen molar-refractivity contribution in [2.24, 2.45) is 0 Å². The molecule has 4 N–H and O–H groups in total. The second-order valence-electron chi connectivity index (χ2n) is 7.36. The van der Waals surface area contributed by atoms with Crippen molar-refractivity contribution in [2.45, 2.75) is 25.6 Å². The zero-order valence-electron chi connectivity index (χ0n) is 17.2. The molecule has 2 aliphatic heterocycles. The lowest BCUT2D eigenvalue weighted by atomic mass is 10.1. The molecule has 1 fully saturated rings. The largest absolute Gasteiger partial charge is 0.442 e. The summed E-state index contributed by atoms with van der Waals surface area (Å²) in [5.41, 5.74) is 4.35. The van der Waals surface area contributed by atoms with E-state index in [1.165, 1.54) is 17.9 Å². The van der Waals surface area contributed by atoms with Crippen molar-refractivity contribution < 1.29 is 33.8 Å². The standard InChI is InChI=1S/C20H27FN4O6/c1-13(27)22-9-17-10-25(20(29)31-17)15-2-3-19(18(21)8-15)24-6-4-14(5-7-24)23-30-12-16(28)11-26/h2-4,8,16-17,23,26,28H,5-7,9-12H2,1H3,(H,22,27)/t16?,17-/m0/s1. The first kappa shape index (κ1) is 22.8. The second-order valence-corrected chi connectivity index (χ2v) is 7.36. The molecule has 1 unspecified atom stereocenters. The van der Waals surface area contributed by atoms with E-state index < -0.39 is 24.1 Å². The van der Waals surface area contributed by atoms with Gasteiger partial charge in [0.25, 0.3) is 0 Å². The number of nitrogens with zero attached hydrogens (tertiary/aromatic N) is 2. The average molecular weight is 438 g/mol. The van der Waals surface area contributed by atoms with Crippen LogP contribution in [0, 0.1) is 5.82 Å². The molecule has 2 aliphatic rings. The van der Waals surface area contributed by atoms with Gasteiger partial charge < -0.3 is 25.2 Å².